The smallest absolute Gasteiger partial charge is 0.369 e. The number of carbonyl (C=O) groups excluding carboxylic acids is 4. The van der Waals surface area contributed by atoms with E-state index >= 15 is 0 Å². The van der Waals surface area contributed by atoms with Gasteiger partial charge in [0.1, 0.15) is 23.1 Å². The summed E-state index contributed by atoms with van der Waals surface area (Å²) >= 11 is 0. The zero-order valence-corrected chi connectivity index (χ0v) is 31.4. The predicted octanol–water partition coefficient (Wildman–Crippen LogP) is 2.76. The molecule has 5 heterocycles. The third-order valence-corrected chi connectivity index (χ3v) is 11.0. The van der Waals surface area contributed by atoms with Crippen LogP contribution < -0.4 is 25.2 Å². The fraction of sp³-hybridized carbons (Fsp3) is 0.333. The predicted molar refractivity (Wildman–Crippen MR) is 200 cm³/mol. The van der Waals surface area contributed by atoms with Crippen LogP contribution >= 0.6 is 0 Å². The number of halogens is 3. The average molecular weight is 808 g/mol. The lowest BCUT2D eigenvalue weighted by Crippen LogP contribution is -2.54. The van der Waals surface area contributed by atoms with E-state index in [0.29, 0.717) is 44.6 Å². The summed E-state index contributed by atoms with van der Waals surface area (Å²) in [7, 11) is -2.46. The van der Waals surface area contributed by atoms with Gasteiger partial charge < -0.3 is 15.5 Å². The fourth-order valence-electron chi connectivity index (χ4n) is 6.78. The van der Waals surface area contributed by atoms with Crippen molar-refractivity contribution in [2.45, 2.75) is 38.1 Å². The summed E-state index contributed by atoms with van der Waals surface area (Å²) in [5.74, 6) is -2.89. The van der Waals surface area contributed by atoms with Crippen molar-refractivity contribution in [1.29, 1.82) is 0 Å². The number of carbonyl (C=O) groups is 4. The van der Waals surface area contributed by atoms with Crippen molar-refractivity contribution in [2.75, 3.05) is 59.3 Å². The Balaban J connectivity index is 0.957. The minimum Gasteiger partial charge on any atom is -0.369 e. The van der Waals surface area contributed by atoms with Gasteiger partial charge in [-0.15, -0.1) is 0 Å². The van der Waals surface area contributed by atoms with E-state index < -0.39 is 57.3 Å². The van der Waals surface area contributed by atoms with Crippen LogP contribution in [0.1, 0.15) is 50.4 Å². The molecule has 4 aromatic rings. The molecule has 21 heteroatoms. The van der Waals surface area contributed by atoms with E-state index in [9.17, 15) is 40.8 Å². The standard InChI is InChI=1S/C36H36F3N11O6S/c1-47(57(2,55)56)31-27(40-11-12-41-31)19-42-30-26(36(37,38)39)18-43-35(46-30)44-22-4-6-23(7-5-22)49-15-13-48(14-16-49)20-21-3-8-24-25(17-21)34(54)50(33(24)53)28-9-10-29(51)45-32(28)52/h3-8,11-12,17-18,28H,9-10,13-16,19-20H2,1-2H3,(H,45,51,52)(H2,42,43,44,46). The number of fused-ring (bicyclic) bond motifs is 1. The highest BCUT2D eigenvalue weighted by atomic mass is 32.2. The number of piperidine rings is 1. The van der Waals surface area contributed by atoms with Gasteiger partial charge in [-0.1, -0.05) is 6.07 Å². The first-order valence-electron chi connectivity index (χ1n) is 17.7. The molecule has 298 valence electrons. The van der Waals surface area contributed by atoms with E-state index in [1.54, 1.807) is 30.3 Å². The lowest BCUT2D eigenvalue weighted by Gasteiger charge is -2.36. The Hall–Kier alpha value is -6.22. The van der Waals surface area contributed by atoms with Gasteiger partial charge in [0, 0.05) is 76.2 Å². The molecule has 2 aromatic heterocycles. The number of aromatic nitrogens is 4. The van der Waals surface area contributed by atoms with Crippen LogP contribution in [0.5, 0.6) is 0 Å². The van der Waals surface area contributed by atoms with Gasteiger partial charge in [0.15, 0.2) is 5.82 Å². The van der Waals surface area contributed by atoms with E-state index in [2.05, 4.69) is 45.7 Å². The molecule has 17 nitrogen and oxygen atoms in total. The first-order valence-corrected chi connectivity index (χ1v) is 19.5. The second-order valence-electron chi connectivity index (χ2n) is 13.6. The normalized spacial score (nSPS) is 17.7. The zero-order valence-electron chi connectivity index (χ0n) is 30.6. The first-order chi connectivity index (χ1) is 27.1. The lowest BCUT2D eigenvalue weighted by molar-refractivity contribution is -0.138. The van der Waals surface area contributed by atoms with Gasteiger partial charge in [-0.05, 0) is 48.4 Å². The SMILES string of the molecule is CN(c1nccnc1CNc1nc(Nc2ccc(N3CCN(Cc4ccc5c(c4)C(=O)N(C4CCC(=O)NC4=O)C5=O)CC3)cc2)ncc1C(F)(F)F)S(C)(=O)=O. The Morgan fingerprint density at radius 3 is 2.32 bits per heavy atom. The van der Waals surface area contributed by atoms with Crippen LogP contribution in [0.4, 0.5) is 42.1 Å². The van der Waals surface area contributed by atoms with Crippen molar-refractivity contribution in [1.82, 2.24) is 35.1 Å². The van der Waals surface area contributed by atoms with Crippen LogP contribution in [0, 0.1) is 0 Å². The molecule has 0 bridgehead atoms. The average Bonchev–Trinajstić information content (AvgIpc) is 3.41. The number of imide groups is 2. The van der Waals surface area contributed by atoms with Gasteiger partial charge in [0.25, 0.3) is 11.8 Å². The molecule has 57 heavy (non-hydrogen) atoms. The molecule has 3 aliphatic rings. The summed E-state index contributed by atoms with van der Waals surface area (Å²) in [5, 5.41) is 7.74. The molecule has 4 amide bonds. The Bertz CT molecular complexity index is 2360. The maximum atomic E-state index is 13.9. The third-order valence-electron chi connectivity index (χ3n) is 9.84. The quantitative estimate of drug-likeness (QED) is 0.187. The summed E-state index contributed by atoms with van der Waals surface area (Å²) in [6.07, 6.45) is -0.466. The summed E-state index contributed by atoms with van der Waals surface area (Å²) in [6, 6.07) is 11.3. The second kappa shape index (κ2) is 15.4. The molecule has 3 aliphatic heterocycles. The van der Waals surface area contributed by atoms with Crippen LogP contribution in [0.3, 0.4) is 0 Å². The molecule has 0 saturated carbocycles. The van der Waals surface area contributed by atoms with Crippen molar-refractivity contribution in [3.63, 3.8) is 0 Å². The second-order valence-corrected chi connectivity index (χ2v) is 15.6. The number of piperazine rings is 1. The molecular formula is C36H36F3N11O6S. The van der Waals surface area contributed by atoms with Crippen LogP contribution in [0.2, 0.25) is 0 Å². The molecule has 1 atom stereocenters. The summed E-state index contributed by atoms with van der Waals surface area (Å²) < 4.78 is 66.8. The molecule has 3 N–H and O–H groups in total. The third kappa shape index (κ3) is 8.33. The number of benzene rings is 2. The Morgan fingerprint density at radius 2 is 1.63 bits per heavy atom. The number of nitrogens with zero attached hydrogens (tertiary/aromatic N) is 8. The van der Waals surface area contributed by atoms with E-state index in [1.807, 2.05) is 12.1 Å². The van der Waals surface area contributed by atoms with Crippen LogP contribution in [-0.4, -0.2) is 107 Å². The van der Waals surface area contributed by atoms with Crippen LogP contribution in [0.25, 0.3) is 0 Å². The maximum Gasteiger partial charge on any atom is 0.421 e. The van der Waals surface area contributed by atoms with Crippen molar-refractivity contribution < 1.29 is 40.8 Å². The number of amides is 4. The number of rotatable bonds is 11. The number of alkyl halides is 3. The Kier molecular flexibility index (Phi) is 10.5. The Labute approximate surface area is 324 Å². The van der Waals surface area contributed by atoms with Gasteiger partial charge in [-0.3, -0.25) is 43.6 Å². The number of sulfonamides is 1. The van der Waals surface area contributed by atoms with Crippen LogP contribution in [-0.2, 0) is 38.9 Å². The highest BCUT2D eigenvalue weighted by Crippen LogP contribution is 2.35. The van der Waals surface area contributed by atoms with Gasteiger partial charge >= 0.3 is 6.18 Å². The minimum atomic E-state index is -4.79. The molecule has 0 spiro atoms. The summed E-state index contributed by atoms with van der Waals surface area (Å²) in [4.78, 5) is 71.7. The van der Waals surface area contributed by atoms with E-state index in [4.69, 9.17) is 0 Å². The summed E-state index contributed by atoms with van der Waals surface area (Å²) in [6.45, 7) is 2.98. The molecule has 2 aromatic carbocycles. The molecular weight excluding hydrogens is 772 g/mol. The van der Waals surface area contributed by atoms with E-state index in [0.717, 1.165) is 26.7 Å². The molecule has 0 aliphatic carbocycles. The van der Waals surface area contributed by atoms with Gasteiger partial charge in [0.2, 0.25) is 27.8 Å². The fourth-order valence-corrected chi connectivity index (χ4v) is 7.25. The Morgan fingerprint density at radius 1 is 0.930 bits per heavy atom. The van der Waals surface area contributed by atoms with Gasteiger partial charge in [-0.25, -0.2) is 18.4 Å². The van der Waals surface area contributed by atoms with E-state index in [-0.39, 0.29) is 48.0 Å². The van der Waals surface area contributed by atoms with Crippen molar-refractivity contribution in [3.05, 3.63) is 89.0 Å². The molecule has 1 unspecified atom stereocenters. The van der Waals surface area contributed by atoms with Crippen molar-refractivity contribution >= 4 is 62.6 Å². The zero-order chi connectivity index (χ0) is 40.6. The van der Waals surface area contributed by atoms with Gasteiger partial charge in [-0.2, -0.15) is 18.2 Å². The highest BCUT2D eigenvalue weighted by Gasteiger charge is 2.44. The monoisotopic (exact) mass is 807 g/mol. The topological polar surface area (TPSA) is 203 Å². The number of nitrogens with one attached hydrogen (secondary N) is 3. The largest absolute Gasteiger partial charge is 0.421 e. The molecule has 2 fully saturated rings. The number of anilines is 5. The molecule has 7 rings (SSSR count). The number of hydrogen-bond acceptors (Lipinski definition) is 14. The number of hydrogen-bond donors (Lipinski definition) is 3. The van der Waals surface area contributed by atoms with Crippen molar-refractivity contribution in [3.8, 4) is 0 Å². The maximum absolute atomic E-state index is 13.9. The molecule has 0 radical (unpaired) electrons. The van der Waals surface area contributed by atoms with Crippen molar-refractivity contribution in [2.24, 2.45) is 0 Å². The highest BCUT2D eigenvalue weighted by molar-refractivity contribution is 7.92. The first kappa shape index (κ1) is 39.0. The summed E-state index contributed by atoms with van der Waals surface area (Å²) in [5.41, 5.74) is 1.71. The molecule has 2 saturated heterocycles. The lowest BCUT2D eigenvalue weighted by atomic mass is 10.0. The van der Waals surface area contributed by atoms with Crippen LogP contribution in [0.15, 0.2) is 61.1 Å². The van der Waals surface area contributed by atoms with Gasteiger partial charge in [0.05, 0.1) is 23.9 Å². The minimum absolute atomic E-state index is 0.0460. The van der Waals surface area contributed by atoms with E-state index in [1.165, 1.54) is 19.4 Å².